The molecule has 0 amide bonds. The van der Waals surface area contributed by atoms with Crippen molar-refractivity contribution in [2.24, 2.45) is 5.92 Å². The number of rotatable bonds is 5. The van der Waals surface area contributed by atoms with Gasteiger partial charge in [0.15, 0.2) is 0 Å². The van der Waals surface area contributed by atoms with E-state index < -0.39 is 0 Å². The monoisotopic (exact) mass is 237 g/mol. The topological polar surface area (TPSA) is 12.0 Å². The zero-order valence-electron chi connectivity index (χ0n) is 9.88. The maximum absolute atomic E-state index is 5.86. The van der Waals surface area contributed by atoms with Gasteiger partial charge in [-0.1, -0.05) is 37.1 Å². The van der Waals surface area contributed by atoms with Gasteiger partial charge in [-0.3, -0.25) is 0 Å². The molecule has 1 N–H and O–H groups in total. The molecule has 1 unspecified atom stereocenters. The molecule has 1 fully saturated rings. The van der Waals surface area contributed by atoms with E-state index in [2.05, 4.69) is 24.4 Å². The van der Waals surface area contributed by atoms with Gasteiger partial charge in [-0.05, 0) is 49.4 Å². The Balaban J connectivity index is 1.73. The fourth-order valence-corrected chi connectivity index (χ4v) is 2.20. The van der Waals surface area contributed by atoms with E-state index in [0.717, 1.165) is 24.0 Å². The molecule has 0 heterocycles. The smallest absolute Gasteiger partial charge is 0.0406 e. The zero-order valence-corrected chi connectivity index (χ0v) is 10.6. The summed E-state index contributed by atoms with van der Waals surface area (Å²) in [5.41, 5.74) is 1.38. The lowest BCUT2D eigenvalue weighted by atomic mass is 9.92. The third kappa shape index (κ3) is 3.50. The Hall–Kier alpha value is -0.530. The molecular formula is C14H20ClN. The number of nitrogens with one attached hydrogen (secondary N) is 1. The Kier molecular flexibility index (Phi) is 4.25. The highest BCUT2D eigenvalue weighted by Crippen LogP contribution is 2.19. The molecule has 0 radical (unpaired) electrons. The minimum Gasteiger partial charge on any atom is -0.314 e. The zero-order chi connectivity index (χ0) is 11.4. The summed E-state index contributed by atoms with van der Waals surface area (Å²) in [5, 5.41) is 4.45. The molecule has 88 valence electrons. The maximum Gasteiger partial charge on any atom is 0.0406 e. The van der Waals surface area contributed by atoms with Crippen LogP contribution in [-0.4, -0.2) is 12.6 Å². The van der Waals surface area contributed by atoms with Crippen molar-refractivity contribution in [3.8, 4) is 0 Å². The SMILES string of the molecule is CC(CNC1CCC1)Cc1ccc(Cl)cc1. The van der Waals surface area contributed by atoms with Crippen molar-refractivity contribution >= 4 is 11.6 Å². The first-order valence-corrected chi connectivity index (χ1v) is 6.59. The van der Waals surface area contributed by atoms with Gasteiger partial charge in [0, 0.05) is 11.1 Å². The van der Waals surface area contributed by atoms with Crippen LogP contribution in [0.2, 0.25) is 5.02 Å². The molecule has 2 heteroatoms. The van der Waals surface area contributed by atoms with E-state index in [1.54, 1.807) is 0 Å². The Labute approximate surface area is 103 Å². The molecule has 0 saturated heterocycles. The number of halogens is 1. The predicted octanol–water partition coefficient (Wildman–Crippen LogP) is 3.66. The highest BCUT2D eigenvalue weighted by molar-refractivity contribution is 6.30. The van der Waals surface area contributed by atoms with Crippen LogP contribution < -0.4 is 5.32 Å². The minimum atomic E-state index is 0.696. The van der Waals surface area contributed by atoms with Gasteiger partial charge in [0.2, 0.25) is 0 Å². The second kappa shape index (κ2) is 5.70. The van der Waals surface area contributed by atoms with Crippen LogP contribution in [0.1, 0.15) is 31.7 Å². The maximum atomic E-state index is 5.86. The van der Waals surface area contributed by atoms with Gasteiger partial charge in [0.25, 0.3) is 0 Å². The Morgan fingerprint density at radius 2 is 2.00 bits per heavy atom. The van der Waals surface area contributed by atoms with Crippen molar-refractivity contribution in [3.63, 3.8) is 0 Å². The van der Waals surface area contributed by atoms with Crippen LogP contribution in [0.15, 0.2) is 24.3 Å². The summed E-state index contributed by atoms with van der Waals surface area (Å²) in [5.74, 6) is 0.696. The summed E-state index contributed by atoms with van der Waals surface area (Å²) >= 11 is 5.86. The summed E-state index contributed by atoms with van der Waals surface area (Å²) in [6.45, 7) is 3.44. The van der Waals surface area contributed by atoms with E-state index in [4.69, 9.17) is 11.6 Å². The van der Waals surface area contributed by atoms with Crippen LogP contribution in [0, 0.1) is 5.92 Å². The standard InChI is InChI=1S/C14H20ClN/c1-11(10-16-14-3-2-4-14)9-12-5-7-13(15)8-6-12/h5-8,11,14,16H,2-4,9-10H2,1H3. The van der Waals surface area contributed by atoms with E-state index in [9.17, 15) is 0 Å². The normalized spacial score (nSPS) is 18.1. The minimum absolute atomic E-state index is 0.696. The second-order valence-electron chi connectivity index (χ2n) is 4.97. The number of hydrogen-bond donors (Lipinski definition) is 1. The van der Waals surface area contributed by atoms with Crippen LogP contribution in [-0.2, 0) is 6.42 Å². The molecule has 1 nitrogen and oxygen atoms in total. The van der Waals surface area contributed by atoms with Gasteiger partial charge in [0.1, 0.15) is 0 Å². The van der Waals surface area contributed by atoms with E-state index in [-0.39, 0.29) is 0 Å². The average molecular weight is 238 g/mol. The second-order valence-corrected chi connectivity index (χ2v) is 5.41. The molecule has 1 aliphatic rings. The third-order valence-corrected chi connectivity index (χ3v) is 3.61. The van der Waals surface area contributed by atoms with Crippen molar-refractivity contribution in [3.05, 3.63) is 34.9 Å². The first-order valence-electron chi connectivity index (χ1n) is 6.22. The van der Waals surface area contributed by atoms with Gasteiger partial charge in [-0.15, -0.1) is 0 Å². The van der Waals surface area contributed by atoms with E-state index in [0.29, 0.717) is 5.92 Å². The lowest BCUT2D eigenvalue weighted by Crippen LogP contribution is -2.38. The molecule has 0 spiro atoms. The summed E-state index contributed by atoms with van der Waals surface area (Å²) < 4.78 is 0. The van der Waals surface area contributed by atoms with E-state index in [1.165, 1.54) is 24.8 Å². The molecule has 0 bridgehead atoms. The summed E-state index contributed by atoms with van der Waals surface area (Å²) in [7, 11) is 0. The fraction of sp³-hybridized carbons (Fsp3) is 0.571. The van der Waals surface area contributed by atoms with E-state index in [1.807, 2.05) is 12.1 Å². The van der Waals surface area contributed by atoms with Gasteiger partial charge in [-0.2, -0.15) is 0 Å². The molecule has 1 aliphatic carbocycles. The van der Waals surface area contributed by atoms with Crippen molar-refractivity contribution in [2.45, 2.75) is 38.6 Å². The fourth-order valence-electron chi connectivity index (χ4n) is 2.08. The molecule has 1 saturated carbocycles. The van der Waals surface area contributed by atoms with Crippen molar-refractivity contribution in [1.82, 2.24) is 5.32 Å². The van der Waals surface area contributed by atoms with Gasteiger partial charge >= 0.3 is 0 Å². The largest absolute Gasteiger partial charge is 0.314 e. The lowest BCUT2D eigenvalue weighted by Gasteiger charge is -2.28. The molecule has 2 rings (SSSR count). The van der Waals surface area contributed by atoms with Gasteiger partial charge < -0.3 is 5.32 Å². The molecule has 1 aromatic rings. The Bertz CT molecular complexity index is 316. The predicted molar refractivity (Wildman–Crippen MR) is 70.0 cm³/mol. The molecule has 0 aromatic heterocycles. The summed E-state index contributed by atoms with van der Waals surface area (Å²) in [6, 6.07) is 9.00. The van der Waals surface area contributed by atoms with Crippen LogP contribution in [0.5, 0.6) is 0 Å². The molecule has 1 aromatic carbocycles. The highest BCUT2D eigenvalue weighted by atomic mass is 35.5. The van der Waals surface area contributed by atoms with Crippen LogP contribution in [0.3, 0.4) is 0 Å². The number of benzene rings is 1. The van der Waals surface area contributed by atoms with Crippen LogP contribution >= 0.6 is 11.6 Å². The quantitative estimate of drug-likeness (QED) is 0.824. The summed E-state index contributed by atoms with van der Waals surface area (Å²) in [6.07, 6.45) is 5.28. The van der Waals surface area contributed by atoms with Crippen molar-refractivity contribution in [1.29, 1.82) is 0 Å². The van der Waals surface area contributed by atoms with Crippen molar-refractivity contribution < 1.29 is 0 Å². The average Bonchev–Trinajstić information content (AvgIpc) is 2.19. The van der Waals surface area contributed by atoms with Crippen LogP contribution in [0.25, 0.3) is 0 Å². The Morgan fingerprint density at radius 1 is 1.31 bits per heavy atom. The molecular weight excluding hydrogens is 218 g/mol. The summed E-state index contributed by atoms with van der Waals surface area (Å²) in [4.78, 5) is 0. The molecule has 1 atom stereocenters. The van der Waals surface area contributed by atoms with Crippen molar-refractivity contribution in [2.75, 3.05) is 6.54 Å². The first kappa shape index (κ1) is 11.9. The highest BCUT2D eigenvalue weighted by Gasteiger charge is 2.17. The van der Waals surface area contributed by atoms with E-state index >= 15 is 0 Å². The van der Waals surface area contributed by atoms with Gasteiger partial charge in [0.05, 0.1) is 0 Å². The molecule has 16 heavy (non-hydrogen) atoms. The molecule has 0 aliphatic heterocycles. The number of hydrogen-bond acceptors (Lipinski definition) is 1. The van der Waals surface area contributed by atoms with Crippen LogP contribution in [0.4, 0.5) is 0 Å². The first-order chi connectivity index (χ1) is 7.74. The third-order valence-electron chi connectivity index (χ3n) is 3.36. The van der Waals surface area contributed by atoms with Gasteiger partial charge in [-0.25, -0.2) is 0 Å². The lowest BCUT2D eigenvalue weighted by molar-refractivity contribution is 0.320. The Morgan fingerprint density at radius 3 is 2.56 bits per heavy atom.